The lowest BCUT2D eigenvalue weighted by atomic mass is 9.94. The topological polar surface area (TPSA) is 326 Å². The molecule has 0 aliphatic heterocycles. The van der Waals surface area contributed by atoms with Crippen molar-refractivity contribution < 1.29 is 100 Å². The van der Waals surface area contributed by atoms with E-state index in [1.807, 2.05) is 0 Å². The molecule has 4 atom stereocenters. The van der Waals surface area contributed by atoms with Crippen LogP contribution < -0.4 is 31.2 Å². The van der Waals surface area contributed by atoms with Gasteiger partial charge in [0, 0.05) is 76.3 Å². The van der Waals surface area contributed by atoms with Crippen LogP contribution in [-0.2, 0) is 84.8 Å². The first kappa shape index (κ1) is 93.5. The number of aromatic carboxylic acids is 1. The molecule has 9 N–H and O–H groups in total. The van der Waals surface area contributed by atoms with Crippen molar-refractivity contribution >= 4 is 156 Å². The summed E-state index contributed by atoms with van der Waals surface area (Å²) in [5.41, 5.74) is 6.13. The molecule has 0 heterocycles. The quantitative estimate of drug-likeness (QED) is 0.0171. The summed E-state index contributed by atoms with van der Waals surface area (Å²) in [6.07, 6.45) is 11.1. The number of aliphatic carboxylic acids is 1. The molecule has 0 spiro atoms. The summed E-state index contributed by atoms with van der Waals surface area (Å²) in [7, 11) is 0. The predicted molar refractivity (Wildman–Crippen MR) is 450 cm³/mol. The van der Waals surface area contributed by atoms with E-state index in [1.54, 1.807) is 45.0 Å². The summed E-state index contributed by atoms with van der Waals surface area (Å²) in [6.45, 7) is 5.66. The number of alkyl halides is 1. The zero-order valence-electron chi connectivity index (χ0n) is 64.5. The molecule has 3 fully saturated rings. The Morgan fingerprint density at radius 2 is 0.683 bits per heavy atom. The number of benzene rings is 8. The standard InChI is InChI=1S/C23H22Cl2FNO4.C21H18Cl2FNO4.C19H16Cl2FNO4.C12H14FNO2.C7H4Cl2O3.C4H7Br/c1-2-30-22(29)23(11-13-6-7-16(26)8-14(13)12-23)27-21(28)18-9-15(24)10-19(25)20(18)31-17-4-3-5-17;22-13-7-16(18(17(23)8-13)29-15-2-1-3-15)19(26)25-21(20(27)28)9-11-4-5-14(24)6-12(11)10-21;1-2-27-18(26)19(8-10-3-4-13(22)5-11(10)9-19)23-17(25)14-6-12(20)7-15(21)16(14)24;1-2-16-11(15)12(14)6-8-3-4-10(13)5-9(8)7-12;8-3-1-4(7(11)12)6(10)5(9)2-3;5-4-2-1-3-4/h6-10,17H,2-5,11-12H2,1H3,(H,27,28);4-8,15H,1-3,9-10H2,(H,25,26)(H,27,28);3-7,24H,2,8-9H2,1H3,(H,23,25);3-5H,2,6-7,14H2,1H3;1-2,10H,(H,11,12);4H,1-3H2. The smallest absolute Gasteiger partial charge is 0.339 e. The van der Waals surface area contributed by atoms with E-state index in [1.165, 1.54) is 110 Å². The number of carboxylic acids is 2. The van der Waals surface area contributed by atoms with Crippen LogP contribution >= 0.6 is 109 Å². The Hall–Kier alpha value is -8.80. The molecule has 0 saturated heterocycles. The summed E-state index contributed by atoms with van der Waals surface area (Å²) in [5.74, 6) is -8.08. The van der Waals surface area contributed by atoms with Crippen LogP contribution in [0.4, 0.5) is 17.6 Å². The number of carbonyl (C=O) groups excluding carboxylic acids is 6. The minimum absolute atomic E-state index is 0.0112. The first-order chi connectivity index (χ1) is 56.8. The average molecular weight is 1880 g/mol. The van der Waals surface area contributed by atoms with Gasteiger partial charge in [0.05, 0.1) is 68.8 Å². The van der Waals surface area contributed by atoms with E-state index in [9.17, 15) is 66.1 Å². The van der Waals surface area contributed by atoms with Crippen molar-refractivity contribution in [2.45, 2.75) is 169 Å². The fourth-order valence-corrected chi connectivity index (χ4v) is 16.8. The third-order valence-corrected chi connectivity index (χ3v) is 23.8. The van der Waals surface area contributed by atoms with E-state index in [0.717, 1.165) is 71.7 Å². The molecular weight excluding hydrogens is 1800 g/mol. The number of fused-ring (bicyclic) bond motifs is 4. The minimum atomic E-state index is -1.59. The third kappa shape index (κ3) is 22.7. The first-order valence-corrected chi connectivity index (χ1v) is 41.9. The van der Waals surface area contributed by atoms with Crippen molar-refractivity contribution in [1.82, 2.24) is 16.0 Å². The number of aromatic hydroxyl groups is 2. The van der Waals surface area contributed by atoms with E-state index < -0.39 is 98.7 Å². The Bertz CT molecular complexity index is 5280. The summed E-state index contributed by atoms with van der Waals surface area (Å²) in [6, 6.07) is 28.0. The van der Waals surface area contributed by atoms with Crippen molar-refractivity contribution in [2.75, 3.05) is 19.8 Å². The highest BCUT2D eigenvalue weighted by Gasteiger charge is 2.50. The first-order valence-electron chi connectivity index (χ1n) is 38.0. The zero-order valence-corrected chi connectivity index (χ0v) is 72.1. The Morgan fingerprint density at radius 3 is 1.02 bits per heavy atom. The predicted octanol–water partition coefficient (Wildman–Crippen LogP) is 18.5. The number of amides is 3. The van der Waals surface area contributed by atoms with Crippen LogP contribution in [-0.4, -0.2) is 127 Å². The van der Waals surface area contributed by atoms with Crippen LogP contribution in [0.25, 0.3) is 0 Å². The number of nitrogens with two attached hydrogens (primary N) is 1. The van der Waals surface area contributed by atoms with Crippen LogP contribution in [0.2, 0.25) is 40.2 Å². The number of halogens is 13. The molecule has 3 saturated carbocycles. The number of rotatable bonds is 18. The molecule has 0 aromatic heterocycles. The van der Waals surface area contributed by atoms with Crippen molar-refractivity contribution in [1.29, 1.82) is 0 Å². The summed E-state index contributed by atoms with van der Waals surface area (Å²) in [4.78, 5) is 99.9. The van der Waals surface area contributed by atoms with Gasteiger partial charge in [-0.05, 0) is 214 Å². The van der Waals surface area contributed by atoms with Gasteiger partial charge in [-0.15, -0.1) is 0 Å². The number of carboxylic acid groups (broad SMARTS) is 2. The molecule has 21 nitrogen and oxygen atoms in total. The van der Waals surface area contributed by atoms with Gasteiger partial charge in [0.1, 0.15) is 62.5 Å². The van der Waals surface area contributed by atoms with Crippen LogP contribution in [0.5, 0.6) is 23.0 Å². The molecule has 15 rings (SSSR count). The van der Waals surface area contributed by atoms with Crippen LogP contribution in [0.1, 0.15) is 164 Å². The molecule has 638 valence electrons. The van der Waals surface area contributed by atoms with Gasteiger partial charge in [0.25, 0.3) is 17.7 Å². The number of phenols is 2. The maximum absolute atomic E-state index is 13.7. The molecule has 7 aliphatic carbocycles. The summed E-state index contributed by atoms with van der Waals surface area (Å²) >= 11 is 51.0. The number of nitrogens with one attached hydrogen (secondary N) is 3. The van der Waals surface area contributed by atoms with E-state index in [2.05, 4.69) is 31.9 Å². The van der Waals surface area contributed by atoms with Gasteiger partial charge in [-0.1, -0.05) is 139 Å². The van der Waals surface area contributed by atoms with Crippen molar-refractivity contribution in [3.8, 4) is 23.0 Å². The third-order valence-electron chi connectivity index (χ3n) is 20.9. The number of phenolic OH excluding ortho intramolecular Hbond substituents is 1. The normalized spacial score (nSPS) is 19.3. The number of esters is 3. The molecule has 7 aliphatic rings. The van der Waals surface area contributed by atoms with E-state index >= 15 is 0 Å². The minimum Gasteiger partial charge on any atom is -0.506 e. The highest BCUT2D eigenvalue weighted by atomic mass is 79.9. The number of hydrogen-bond donors (Lipinski definition) is 8. The van der Waals surface area contributed by atoms with Crippen molar-refractivity contribution in [3.05, 3.63) is 252 Å². The zero-order chi connectivity index (χ0) is 87.5. The molecule has 120 heavy (non-hydrogen) atoms. The number of hydrogen-bond acceptors (Lipinski definition) is 16. The van der Waals surface area contributed by atoms with Gasteiger partial charge in [0.2, 0.25) is 0 Å². The highest BCUT2D eigenvalue weighted by molar-refractivity contribution is 9.09. The van der Waals surface area contributed by atoms with E-state index in [0.29, 0.717) is 41.7 Å². The SMILES string of the molecule is BrC1CCC1.CCOC(=O)C1(N)Cc2ccc(F)cc2C1.CCOC(=O)C1(NC(=O)c2cc(Cl)cc(Cl)c2O)Cc2ccc(F)cc2C1.CCOC(=O)C1(NC(=O)c2cc(Cl)cc(Cl)c2OC2CCC2)Cc2ccc(F)cc2C1.O=C(NC1(C(=O)O)Cc2ccc(F)cc2C1)c1cc(Cl)cc(Cl)c1OC1CCC1.O=C(O)c1cc(Cl)cc(Cl)c1O. The van der Waals surface area contributed by atoms with Crippen LogP contribution in [0, 0.1) is 23.3 Å². The lowest BCUT2D eigenvalue weighted by Gasteiger charge is -2.30. The largest absolute Gasteiger partial charge is 0.506 e. The Kier molecular flexibility index (Phi) is 31.5. The molecule has 3 amide bonds. The van der Waals surface area contributed by atoms with Gasteiger partial charge < -0.3 is 65.8 Å². The lowest BCUT2D eigenvalue weighted by molar-refractivity contribution is -0.151. The fraction of sp³-hybridized carbons (Fsp3) is 0.349. The second-order valence-corrected chi connectivity index (χ2v) is 34.2. The second-order valence-electron chi connectivity index (χ2n) is 29.6. The second kappa shape index (κ2) is 40.5. The molecule has 0 bridgehead atoms. The van der Waals surface area contributed by atoms with Gasteiger partial charge >= 0.3 is 29.8 Å². The fourth-order valence-electron chi connectivity index (χ4n) is 14.1. The van der Waals surface area contributed by atoms with Crippen molar-refractivity contribution in [3.63, 3.8) is 0 Å². The van der Waals surface area contributed by atoms with Crippen LogP contribution in [0.3, 0.4) is 0 Å². The van der Waals surface area contributed by atoms with Crippen molar-refractivity contribution in [2.24, 2.45) is 5.73 Å². The molecular formula is C86H81BrCl8F4N4O17. The number of ether oxygens (including phenoxy) is 5. The molecule has 8 aromatic carbocycles. The average Bonchev–Trinajstić information content (AvgIpc) is 1.57. The molecule has 4 unspecified atom stereocenters. The molecule has 8 aromatic rings. The van der Waals surface area contributed by atoms with Gasteiger partial charge in [-0.25, -0.2) is 36.7 Å². The summed E-state index contributed by atoms with van der Waals surface area (Å²) < 4.78 is 81.1. The van der Waals surface area contributed by atoms with E-state index in [-0.39, 0.29) is 144 Å². The monoisotopic (exact) mass is 1880 g/mol. The molecule has 34 heteroatoms. The maximum Gasteiger partial charge on any atom is 0.339 e. The van der Waals surface area contributed by atoms with Gasteiger partial charge in [-0.2, -0.15) is 0 Å². The lowest BCUT2D eigenvalue weighted by Crippen LogP contribution is -2.56. The Labute approximate surface area is 736 Å². The summed E-state index contributed by atoms with van der Waals surface area (Å²) in [5, 5.41) is 46.8. The van der Waals surface area contributed by atoms with Crippen LogP contribution in [0.15, 0.2) is 121 Å². The van der Waals surface area contributed by atoms with Gasteiger partial charge in [-0.3, -0.25) is 19.2 Å². The van der Waals surface area contributed by atoms with E-state index in [4.69, 9.17) is 132 Å². The van der Waals surface area contributed by atoms with Gasteiger partial charge in [0.15, 0.2) is 11.5 Å². The number of carbonyl (C=O) groups is 8. The highest BCUT2D eigenvalue weighted by Crippen LogP contribution is 2.43. The Morgan fingerprint density at radius 1 is 0.400 bits per heavy atom. The maximum atomic E-state index is 13.7. The molecule has 0 radical (unpaired) electrons. The Balaban J connectivity index is 0.000000160.